The van der Waals surface area contributed by atoms with Crippen molar-refractivity contribution >= 4 is 0 Å². The number of piperazine rings is 1. The van der Waals surface area contributed by atoms with Crippen molar-refractivity contribution in [3.63, 3.8) is 0 Å². The number of likely N-dealkylation sites (tertiary alicyclic amines) is 1. The summed E-state index contributed by atoms with van der Waals surface area (Å²) in [6.07, 6.45) is 1.55. The van der Waals surface area contributed by atoms with Crippen LogP contribution in [0.5, 0.6) is 11.5 Å². The molecule has 6 nitrogen and oxygen atoms in total. The molecule has 25 heavy (non-hydrogen) atoms. The zero-order valence-corrected chi connectivity index (χ0v) is 15.3. The molecule has 0 aliphatic carbocycles. The summed E-state index contributed by atoms with van der Waals surface area (Å²) in [5.41, 5.74) is 1.18. The molecule has 2 heterocycles. The van der Waals surface area contributed by atoms with Gasteiger partial charge in [-0.2, -0.15) is 0 Å². The quantitative estimate of drug-likeness (QED) is 0.742. The fourth-order valence-corrected chi connectivity index (χ4v) is 3.92. The zero-order chi connectivity index (χ0) is 17.8. The smallest absolute Gasteiger partial charge is 0.160 e. The van der Waals surface area contributed by atoms with Crippen molar-refractivity contribution < 1.29 is 14.9 Å². The second kappa shape index (κ2) is 8.36. The van der Waals surface area contributed by atoms with Crippen LogP contribution >= 0.6 is 0 Å². The second-order valence-corrected chi connectivity index (χ2v) is 7.33. The summed E-state index contributed by atoms with van der Waals surface area (Å²) >= 11 is 0. The van der Waals surface area contributed by atoms with Gasteiger partial charge in [-0.15, -0.1) is 0 Å². The first-order valence-electron chi connectivity index (χ1n) is 9.31. The van der Waals surface area contributed by atoms with Crippen molar-refractivity contribution in [2.75, 3.05) is 46.4 Å². The maximum Gasteiger partial charge on any atom is 0.160 e. The SMILES string of the molecule is COc1cc(C(CN2CCC(O)CC2)N2CCNC(C)C2)ccc1O. The van der Waals surface area contributed by atoms with E-state index in [-0.39, 0.29) is 17.9 Å². The van der Waals surface area contributed by atoms with Gasteiger partial charge in [0.25, 0.3) is 0 Å². The monoisotopic (exact) mass is 349 g/mol. The summed E-state index contributed by atoms with van der Waals surface area (Å²) in [5, 5.41) is 23.2. The van der Waals surface area contributed by atoms with Gasteiger partial charge in [0.05, 0.1) is 13.2 Å². The van der Waals surface area contributed by atoms with Crippen molar-refractivity contribution in [2.24, 2.45) is 0 Å². The number of rotatable bonds is 5. The second-order valence-electron chi connectivity index (χ2n) is 7.33. The normalized spacial score (nSPS) is 25.0. The average Bonchev–Trinajstić information content (AvgIpc) is 2.62. The number of hydrogen-bond acceptors (Lipinski definition) is 6. The van der Waals surface area contributed by atoms with Gasteiger partial charge in [-0.3, -0.25) is 4.90 Å². The van der Waals surface area contributed by atoms with E-state index in [0.717, 1.165) is 52.1 Å². The molecule has 2 atom stereocenters. The van der Waals surface area contributed by atoms with E-state index in [2.05, 4.69) is 22.0 Å². The molecule has 1 aromatic rings. The summed E-state index contributed by atoms with van der Waals surface area (Å²) < 4.78 is 5.32. The highest BCUT2D eigenvalue weighted by Gasteiger charge is 2.28. The van der Waals surface area contributed by atoms with Crippen LogP contribution in [0.3, 0.4) is 0 Å². The molecule has 0 saturated carbocycles. The van der Waals surface area contributed by atoms with E-state index in [1.165, 1.54) is 5.56 Å². The van der Waals surface area contributed by atoms with Gasteiger partial charge in [-0.1, -0.05) is 6.07 Å². The van der Waals surface area contributed by atoms with Gasteiger partial charge in [0.1, 0.15) is 0 Å². The standard InChI is InChI=1S/C19H31N3O3/c1-14-12-22(10-7-20-14)17(13-21-8-5-16(23)6-9-21)15-3-4-18(24)19(11-15)25-2/h3-4,11,14,16-17,20,23-24H,5-10,12-13H2,1-2H3. The lowest BCUT2D eigenvalue weighted by atomic mass is 10.00. The summed E-state index contributed by atoms with van der Waals surface area (Å²) in [6.45, 7) is 8.04. The van der Waals surface area contributed by atoms with Gasteiger partial charge in [0.2, 0.25) is 0 Å². The van der Waals surface area contributed by atoms with Crippen LogP contribution in [0.15, 0.2) is 18.2 Å². The molecule has 6 heteroatoms. The Labute approximate surface area is 150 Å². The lowest BCUT2D eigenvalue weighted by Crippen LogP contribution is -2.52. The number of nitrogens with one attached hydrogen (secondary N) is 1. The zero-order valence-electron chi connectivity index (χ0n) is 15.3. The number of aliphatic hydroxyl groups excluding tert-OH is 1. The number of aliphatic hydroxyl groups is 1. The van der Waals surface area contributed by atoms with Crippen LogP contribution in [0.25, 0.3) is 0 Å². The van der Waals surface area contributed by atoms with Crippen LogP contribution in [-0.4, -0.2) is 78.5 Å². The molecule has 0 amide bonds. The van der Waals surface area contributed by atoms with E-state index in [4.69, 9.17) is 4.74 Å². The van der Waals surface area contributed by atoms with Gasteiger partial charge in [-0.05, 0) is 37.5 Å². The summed E-state index contributed by atoms with van der Waals surface area (Å²) in [7, 11) is 1.59. The Morgan fingerprint density at radius 2 is 2.04 bits per heavy atom. The number of methoxy groups -OCH3 is 1. The predicted molar refractivity (Wildman–Crippen MR) is 98.1 cm³/mol. The largest absolute Gasteiger partial charge is 0.504 e. The maximum absolute atomic E-state index is 9.93. The predicted octanol–water partition coefficient (Wildman–Crippen LogP) is 1.19. The molecule has 2 aliphatic heterocycles. The Morgan fingerprint density at radius 3 is 2.72 bits per heavy atom. The summed E-state index contributed by atoms with van der Waals surface area (Å²) in [5.74, 6) is 0.708. The molecule has 1 aromatic carbocycles. The van der Waals surface area contributed by atoms with Crippen molar-refractivity contribution in [2.45, 2.75) is 38.0 Å². The van der Waals surface area contributed by atoms with Crippen LogP contribution in [0.1, 0.15) is 31.4 Å². The number of hydrogen-bond donors (Lipinski definition) is 3. The van der Waals surface area contributed by atoms with Gasteiger partial charge in [0.15, 0.2) is 11.5 Å². The molecule has 140 valence electrons. The molecule has 0 bridgehead atoms. The van der Waals surface area contributed by atoms with E-state index in [1.54, 1.807) is 13.2 Å². The molecule has 2 aliphatic rings. The maximum atomic E-state index is 9.93. The fraction of sp³-hybridized carbons (Fsp3) is 0.684. The number of piperidine rings is 1. The number of benzene rings is 1. The van der Waals surface area contributed by atoms with Crippen LogP contribution in [0.2, 0.25) is 0 Å². The Hall–Kier alpha value is -1.34. The van der Waals surface area contributed by atoms with E-state index in [0.29, 0.717) is 11.8 Å². The minimum atomic E-state index is -0.150. The third kappa shape index (κ3) is 4.64. The van der Waals surface area contributed by atoms with Gasteiger partial charge >= 0.3 is 0 Å². The molecule has 2 saturated heterocycles. The van der Waals surface area contributed by atoms with Crippen molar-refractivity contribution in [3.8, 4) is 11.5 Å². The average molecular weight is 349 g/mol. The lowest BCUT2D eigenvalue weighted by molar-refractivity contribution is 0.0552. The van der Waals surface area contributed by atoms with Crippen LogP contribution in [0.4, 0.5) is 0 Å². The Kier molecular flexibility index (Phi) is 6.17. The first kappa shape index (κ1) is 18.5. The molecule has 2 fully saturated rings. The lowest BCUT2D eigenvalue weighted by Gasteiger charge is -2.41. The number of nitrogens with zero attached hydrogens (tertiary/aromatic N) is 2. The van der Waals surface area contributed by atoms with Crippen molar-refractivity contribution in [1.29, 1.82) is 0 Å². The van der Waals surface area contributed by atoms with Gasteiger partial charge in [-0.25, -0.2) is 0 Å². The van der Waals surface area contributed by atoms with E-state index in [9.17, 15) is 10.2 Å². The van der Waals surface area contributed by atoms with E-state index >= 15 is 0 Å². The summed E-state index contributed by atoms with van der Waals surface area (Å²) in [4.78, 5) is 4.97. The molecular weight excluding hydrogens is 318 g/mol. The molecule has 2 unspecified atom stereocenters. The van der Waals surface area contributed by atoms with Crippen LogP contribution in [-0.2, 0) is 0 Å². The third-order valence-corrected chi connectivity index (χ3v) is 5.42. The minimum absolute atomic E-state index is 0.150. The molecule has 0 radical (unpaired) electrons. The van der Waals surface area contributed by atoms with Crippen molar-refractivity contribution in [3.05, 3.63) is 23.8 Å². The highest BCUT2D eigenvalue weighted by atomic mass is 16.5. The summed E-state index contributed by atoms with van der Waals surface area (Å²) in [6, 6.07) is 6.43. The number of aromatic hydroxyl groups is 1. The van der Waals surface area contributed by atoms with E-state index < -0.39 is 0 Å². The fourth-order valence-electron chi connectivity index (χ4n) is 3.92. The van der Waals surface area contributed by atoms with Crippen LogP contribution < -0.4 is 10.1 Å². The highest BCUT2D eigenvalue weighted by molar-refractivity contribution is 5.42. The van der Waals surface area contributed by atoms with Gasteiger partial charge in [0, 0.05) is 51.4 Å². The Morgan fingerprint density at radius 1 is 1.28 bits per heavy atom. The molecular formula is C19H31N3O3. The molecule has 0 aromatic heterocycles. The minimum Gasteiger partial charge on any atom is -0.504 e. The molecule has 3 rings (SSSR count). The third-order valence-electron chi connectivity index (χ3n) is 5.42. The number of phenols is 1. The Balaban J connectivity index is 1.80. The highest BCUT2D eigenvalue weighted by Crippen LogP contribution is 2.32. The van der Waals surface area contributed by atoms with E-state index in [1.807, 2.05) is 12.1 Å². The van der Waals surface area contributed by atoms with Crippen molar-refractivity contribution in [1.82, 2.24) is 15.1 Å². The number of ether oxygens (including phenoxy) is 1. The number of phenolic OH excluding ortho intramolecular Hbond substituents is 1. The Bertz CT molecular complexity index is 561. The van der Waals surface area contributed by atoms with Crippen LogP contribution in [0, 0.1) is 0 Å². The molecule has 3 N–H and O–H groups in total. The first-order valence-corrected chi connectivity index (χ1v) is 9.31. The van der Waals surface area contributed by atoms with Gasteiger partial charge < -0.3 is 25.2 Å². The topological polar surface area (TPSA) is 68.2 Å². The molecule has 0 spiro atoms. The first-order chi connectivity index (χ1) is 12.1.